The average molecular weight is 317 g/mol. The van der Waals surface area contributed by atoms with E-state index in [0.29, 0.717) is 0 Å². The number of allylic oxidation sites excluding steroid dienone is 2. The quantitative estimate of drug-likeness (QED) is 0.502. The largest absolute Gasteiger partial charge is 0.462 e. The molecule has 2 rings (SSSR count). The highest BCUT2D eigenvalue weighted by molar-refractivity contribution is 5.72. The Labute approximate surface area is 141 Å². The van der Waals surface area contributed by atoms with E-state index in [0.717, 1.165) is 63.2 Å². The van der Waals surface area contributed by atoms with Crippen molar-refractivity contribution < 1.29 is 9.53 Å². The highest BCUT2D eigenvalue weighted by Crippen LogP contribution is 2.33. The first-order chi connectivity index (χ1) is 11.2. The zero-order valence-electron chi connectivity index (χ0n) is 14.5. The second-order valence-electron chi connectivity index (χ2n) is 7.31. The van der Waals surface area contributed by atoms with Gasteiger partial charge in [-0.1, -0.05) is 19.4 Å². The van der Waals surface area contributed by atoms with Crippen molar-refractivity contribution in [2.75, 3.05) is 0 Å². The van der Waals surface area contributed by atoms with Crippen molar-refractivity contribution in [1.82, 2.24) is 0 Å². The molecule has 0 aromatic heterocycles. The first-order valence-electron chi connectivity index (χ1n) is 9.48. The average Bonchev–Trinajstić information content (AvgIpc) is 2.60. The van der Waals surface area contributed by atoms with E-state index in [1.54, 1.807) is 6.08 Å². The molecular formula is C20H31NO2. The van der Waals surface area contributed by atoms with Crippen LogP contribution in [0.2, 0.25) is 0 Å². The Morgan fingerprint density at radius 1 is 1.09 bits per heavy atom. The fourth-order valence-electron chi connectivity index (χ4n) is 4.07. The molecule has 0 aromatic rings. The van der Waals surface area contributed by atoms with Crippen LogP contribution in [-0.2, 0) is 9.53 Å². The summed E-state index contributed by atoms with van der Waals surface area (Å²) in [6.07, 6.45) is 15.8. The number of esters is 1. The summed E-state index contributed by atoms with van der Waals surface area (Å²) in [6, 6.07) is 2.03. The third-order valence-electron chi connectivity index (χ3n) is 5.77. The molecule has 2 saturated carbocycles. The first kappa shape index (κ1) is 18.0. The molecule has 0 atom stereocenters. The van der Waals surface area contributed by atoms with Crippen molar-refractivity contribution >= 4 is 5.97 Å². The Kier molecular flexibility index (Phi) is 7.65. The molecule has 3 nitrogen and oxygen atoms in total. The minimum absolute atomic E-state index is 0.0694. The van der Waals surface area contributed by atoms with Crippen LogP contribution in [0.4, 0.5) is 0 Å². The Balaban J connectivity index is 1.63. The van der Waals surface area contributed by atoms with Crippen molar-refractivity contribution in [2.45, 2.75) is 83.7 Å². The van der Waals surface area contributed by atoms with Gasteiger partial charge in [-0.2, -0.15) is 5.26 Å². The van der Waals surface area contributed by atoms with E-state index in [2.05, 4.69) is 6.92 Å². The van der Waals surface area contributed by atoms with E-state index >= 15 is 0 Å². The van der Waals surface area contributed by atoms with Gasteiger partial charge in [0.15, 0.2) is 0 Å². The molecule has 2 aliphatic rings. The maximum absolute atomic E-state index is 12.3. The van der Waals surface area contributed by atoms with Gasteiger partial charge in [-0.25, -0.2) is 0 Å². The Hall–Kier alpha value is -1.30. The topological polar surface area (TPSA) is 50.1 Å². The smallest absolute Gasteiger partial charge is 0.309 e. The summed E-state index contributed by atoms with van der Waals surface area (Å²) >= 11 is 0. The van der Waals surface area contributed by atoms with E-state index in [4.69, 9.17) is 10.00 Å². The molecule has 128 valence electrons. The van der Waals surface area contributed by atoms with Crippen LogP contribution in [-0.4, -0.2) is 12.1 Å². The summed E-state index contributed by atoms with van der Waals surface area (Å²) in [7, 11) is 0. The molecule has 23 heavy (non-hydrogen) atoms. The fraction of sp³-hybridized carbons (Fsp3) is 0.800. The minimum Gasteiger partial charge on any atom is -0.462 e. The Bertz CT molecular complexity index is 421. The molecule has 0 aromatic carbocycles. The molecule has 0 N–H and O–H groups in total. The predicted octanol–water partition coefficient (Wildman–Crippen LogP) is 5.16. The number of hydrogen-bond donors (Lipinski definition) is 0. The predicted molar refractivity (Wildman–Crippen MR) is 91.6 cm³/mol. The molecule has 2 fully saturated rings. The maximum atomic E-state index is 12.3. The normalized spacial score (nSPS) is 31.7. The molecule has 0 amide bonds. The van der Waals surface area contributed by atoms with E-state index in [1.165, 1.54) is 19.3 Å². The van der Waals surface area contributed by atoms with Gasteiger partial charge in [0.25, 0.3) is 0 Å². The molecule has 0 aliphatic heterocycles. The summed E-state index contributed by atoms with van der Waals surface area (Å²) in [4.78, 5) is 12.3. The number of rotatable bonds is 6. The maximum Gasteiger partial charge on any atom is 0.309 e. The molecule has 0 spiro atoms. The van der Waals surface area contributed by atoms with Gasteiger partial charge in [0.2, 0.25) is 0 Å². The van der Waals surface area contributed by atoms with Crippen molar-refractivity contribution in [1.29, 1.82) is 5.26 Å². The number of nitriles is 1. The minimum atomic E-state index is 0.0694. The molecule has 0 bridgehead atoms. The summed E-state index contributed by atoms with van der Waals surface area (Å²) < 4.78 is 5.80. The molecule has 0 unspecified atom stereocenters. The molecule has 2 aliphatic carbocycles. The van der Waals surface area contributed by atoms with Gasteiger partial charge < -0.3 is 4.74 Å². The van der Waals surface area contributed by atoms with Gasteiger partial charge in [-0.05, 0) is 76.0 Å². The lowest BCUT2D eigenvalue weighted by molar-refractivity contribution is -0.157. The van der Waals surface area contributed by atoms with Gasteiger partial charge in [0.1, 0.15) is 6.10 Å². The summed E-state index contributed by atoms with van der Waals surface area (Å²) in [5.41, 5.74) is 0. The summed E-state index contributed by atoms with van der Waals surface area (Å²) in [6.45, 7) is 2.25. The van der Waals surface area contributed by atoms with Crippen molar-refractivity contribution in [3.8, 4) is 6.07 Å². The highest BCUT2D eigenvalue weighted by Gasteiger charge is 2.30. The highest BCUT2D eigenvalue weighted by atomic mass is 16.5. The van der Waals surface area contributed by atoms with Crippen molar-refractivity contribution in [3.05, 3.63) is 12.2 Å². The Morgan fingerprint density at radius 2 is 1.74 bits per heavy atom. The summed E-state index contributed by atoms with van der Waals surface area (Å²) in [5.74, 6) is 1.78. The van der Waals surface area contributed by atoms with Crippen LogP contribution >= 0.6 is 0 Å². The van der Waals surface area contributed by atoms with Crippen molar-refractivity contribution in [2.24, 2.45) is 17.8 Å². The van der Waals surface area contributed by atoms with Crippen LogP contribution in [0.5, 0.6) is 0 Å². The van der Waals surface area contributed by atoms with Crippen LogP contribution in [0.25, 0.3) is 0 Å². The number of ether oxygens (including phenoxy) is 1. The lowest BCUT2D eigenvalue weighted by Crippen LogP contribution is -2.30. The fourth-order valence-corrected chi connectivity index (χ4v) is 4.07. The lowest BCUT2D eigenvalue weighted by Gasteiger charge is -2.31. The molecule has 0 heterocycles. The number of hydrogen-bond acceptors (Lipinski definition) is 3. The van der Waals surface area contributed by atoms with Gasteiger partial charge in [-0.3, -0.25) is 4.79 Å². The van der Waals surface area contributed by atoms with Gasteiger partial charge >= 0.3 is 5.97 Å². The number of carbonyl (C=O) groups is 1. The van der Waals surface area contributed by atoms with E-state index in [9.17, 15) is 4.79 Å². The van der Waals surface area contributed by atoms with Crippen LogP contribution in [0.3, 0.4) is 0 Å². The third kappa shape index (κ3) is 6.01. The second-order valence-corrected chi connectivity index (χ2v) is 7.31. The molecule has 0 saturated heterocycles. The van der Waals surface area contributed by atoms with E-state index in [-0.39, 0.29) is 18.0 Å². The Morgan fingerprint density at radius 3 is 2.35 bits per heavy atom. The second kappa shape index (κ2) is 9.75. The third-order valence-corrected chi connectivity index (χ3v) is 5.77. The molecule has 0 radical (unpaired) electrons. The number of nitrogens with zero attached hydrogens (tertiary/aromatic N) is 1. The zero-order chi connectivity index (χ0) is 16.5. The van der Waals surface area contributed by atoms with Crippen LogP contribution in [0, 0.1) is 29.1 Å². The summed E-state index contributed by atoms with van der Waals surface area (Å²) in [5, 5.41) is 8.47. The van der Waals surface area contributed by atoms with Crippen molar-refractivity contribution in [3.63, 3.8) is 0 Å². The first-order valence-corrected chi connectivity index (χ1v) is 9.48. The van der Waals surface area contributed by atoms with Crippen LogP contribution in [0.1, 0.15) is 77.6 Å². The standard InChI is InChI=1S/C20H31NO2/c1-2-16-7-11-18(12-8-16)20(22)23-19-13-9-17(10-14-19)6-4-3-5-15-21/h3,5,16-19H,2,4,6-14H2,1H3/t16-,17-,18-,19-. The van der Waals surface area contributed by atoms with E-state index in [1.807, 2.05) is 12.1 Å². The van der Waals surface area contributed by atoms with Gasteiger partial charge in [0, 0.05) is 6.08 Å². The van der Waals surface area contributed by atoms with Gasteiger partial charge in [-0.15, -0.1) is 0 Å². The monoisotopic (exact) mass is 317 g/mol. The zero-order valence-corrected chi connectivity index (χ0v) is 14.5. The molecule has 3 heteroatoms. The van der Waals surface area contributed by atoms with Crippen LogP contribution < -0.4 is 0 Å². The number of carbonyl (C=O) groups excluding carboxylic acids is 1. The van der Waals surface area contributed by atoms with E-state index < -0.39 is 0 Å². The SMILES string of the molecule is CC[C@H]1CC[C@H](C(=O)O[C@H]2CC[C@H](CCC=CC#N)CC2)CC1. The van der Waals surface area contributed by atoms with Gasteiger partial charge in [0.05, 0.1) is 12.0 Å². The lowest BCUT2D eigenvalue weighted by atomic mass is 9.80. The van der Waals surface area contributed by atoms with Crippen LogP contribution in [0.15, 0.2) is 12.2 Å². The molecular weight excluding hydrogens is 286 g/mol.